The van der Waals surface area contributed by atoms with Gasteiger partial charge in [0.25, 0.3) is 0 Å². The van der Waals surface area contributed by atoms with Crippen LogP contribution in [0.2, 0.25) is 0 Å². The molecule has 0 spiro atoms. The van der Waals surface area contributed by atoms with Crippen molar-refractivity contribution in [2.75, 3.05) is 32.7 Å². The number of hydrogen-bond donors (Lipinski definition) is 0. The summed E-state index contributed by atoms with van der Waals surface area (Å²) in [7, 11) is 2.06. The minimum absolute atomic E-state index is 0.654. The molecule has 0 aromatic heterocycles. The van der Waals surface area contributed by atoms with Crippen LogP contribution in [0.5, 0.6) is 11.5 Å². The Hall–Kier alpha value is -0.930. The number of halogens is 1. The van der Waals surface area contributed by atoms with Gasteiger partial charge in [-0.1, -0.05) is 6.07 Å². The molecule has 4 heteroatoms. The quantitative estimate of drug-likeness (QED) is 0.772. The summed E-state index contributed by atoms with van der Waals surface area (Å²) in [6, 6.07) is 6.13. The zero-order valence-electron chi connectivity index (χ0n) is 10.1. The molecule has 0 bridgehead atoms. The zero-order chi connectivity index (χ0) is 12.1. The topological polar surface area (TPSA) is 21.7 Å². The Balaban J connectivity index is 2.07. The number of alkyl halides is 1. The number of benzene rings is 1. The van der Waals surface area contributed by atoms with Gasteiger partial charge in [0.1, 0.15) is 0 Å². The summed E-state index contributed by atoms with van der Waals surface area (Å²) in [6.07, 6.45) is 0.941. The van der Waals surface area contributed by atoms with Gasteiger partial charge in [-0.2, -0.15) is 0 Å². The molecule has 17 heavy (non-hydrogen) atoms. The number of hydrogen-bond acceptors (Lipinski definition) is 3. The van der Waals surface area contributed by atoms with Gasteiger partial charge in [0, 0.05) is 25.4 Å². The molecule has 1 aromatic carbocycles. The van der Waals surface area contributed by atoms with Crippen LogP contribution in [0.25, 0.3) is 0 Å². The van der Waals surface area contributed by atoms with Crippen molar-refractivity contribution >= 4 is 11.6 Å². The lowest BCUT2D eigenvalue weighted by molar-refractivity contribution is 0.296. The van der Waals surface area contributed by atoms with E-state index < -0.39 is 0 Å². The minimum Gasteiger partial charge on any atom is -0.490 e. The molecule has 0 saturated carbocycles. The Morgan fingerprint density at radius 3 is 2.76 bits per heavy atom. The van der Waals surface area contributed by atoms with Gasteiger partial charge in [-0.15, -0.1) is 11.6 Å². The van der Waals surface area contributed by atoms with Crippen molar-refractivity contribution in [2.24, 2.45) is 0 Å². The first-order chi connectivity index (χ1) is 8.29. The maximum Gasteiger partial charge on any atom is 0.161 e. The van der Waals surface area contributed by atoms with E-state index in [2.05, 4.69) is 24.1 Å². The summed E-state index contributed by atoms with van der Waals surface area (Å²) in [5.74, 6) is 2.37. The van der Waals surface area contributed by atoms with Gasteiger partial charge in [-0.25, -0.2) is 0 Å². The van der Waals surface area contributed by atoms with Gasteiger partial charge in [-0.3, -0.25) is 0 Å². The SMILES string of the molecule is CN(CCCl)Cc1ccc2c(c1)OCCCO2. The van der Waals surface area contributed by atoms with Crippen LogP contribution in [0.3, 0.4) is 0 Å². The standard InChI is InChI=1S/C13H18ClNO2/c1-15(6-5-14)10-11-3-4-12-13(9-11)17-8-2-7-16-12/h3-4,9H,2,5-8,10H2,1H3. The first kappa shape index (κ1) is 12.5. The molecule has 2 rings (SSSR count). The molecule has 0 unspecified atom stereocenters. The van der Waals surface area contributed by atoms with Crippen molar-refractivity contribution < 1.29 is 9.47 Å². The molecule has 0 aliphatic carbocycles. The monoisotopic (exact) mass is 255 g/mol. The summed E-state index contributed by atoms with van der Waals surface area (Å²) in [5, 5.41) is 0. The smallest absolute Gasteiger partial charge is 0.161 e. The van der Waals surface area contributed by atoms with Gasteiger partial charge in [0.05, 0.1) is 13.2 Å². The van der Waals surface area contributed by atoms with Crippen LogP contribution in [0.15, 0.2) is 18.2 Å². The van der Waals surface area contributed by atoms with Crippen molar-refractivity contribution in [2.45, 2.75) is 13.0 Å². The Kier molecular flexibility index (Phi) is 4.51. The fourth-order valence-corrected chi connectivity index (χ4v) is 2.13. The van der Waals surface area contributed by atoms with E-state index in [0.717, 1.165) is 44.2 Å². The third kappa shape index (κ3) is 3.51. The molecular formula is C13H18ClNO2. The summed E-state index contributed by atoms with van der Waals surface area (Å²) in [4.78, 5) is 2.19. The second kappa shape index (κ2) is 6.12. The third-order valence-electron chi connectivity index (χ3n) is 2.73. The number of rotatable bonds is 4. The lowest BCUT2D eigenvalue weighted by atomic mass is 10.2. The van der Waals surface area contributed by atoms with E-state index in [0.29, 0.717) is 5.88 Å². The van der Waals surface area contributed by atoms with Crippen LogP contribution in [-0.4, -0.2) is 37.6 Å². The molecule has 0 radical (unpaired) electrons. The van der Waals surface area contributed by atoms with Crippen molar-refractivity contribution in [1.82, 2.24) is 4.90 Å². The molecular weight excluding hydrogens is 238 g/mol. The highest BCUT2D eigenvalue weighted by molar-refractivity contribution is 6.18. The second-order valence-electron chi connectivity index (χ2n) is 4.26. The van der Waals surface area contributed by atoms with Crippen LogP contribution in [0.1, 0.15) is 12.0 Å². The largest absolute Gasteiger partial charge is 0.490 e. The summed E-state index contributed by atoms with van der Waals surface area (Å²) in [5.41, 5.74) is 1.22. The number of nitrogens with zero attached hydrogens (tertiary/aromatic N) is 1. The average molecular weight is 256 g/mol. The fourth-order valence-electron chi connectivity index (χ4n) is 1.84. The van der Waals surface area contributed by atoms with E-state index in [1.165, 1.54) is 5.56 Å². The molecule has 0 saturated heterocycles. The van der Waals surface area contributed by atoms with E-state index in [9.17, 15) is 0 Å². The number of ether oxygens (including phenoxy) is 2. The summed E-state index contributed by atoms with van der Waals surface area (Å²) < 4.78 is 11.3. The predicted octanol–water partition coefficient (Wildman–Crippen LogP) is 2.52. The molecule has 0 amide bonds. The molecule has 3 nitrogen and oxygen atoms in total. The van der Waals surface area contributed by atoms with Gasteiger partial charge >= 0.3 is 0 Å². The molecule has 1 heterocycles. The highest BCUT2D eigenvalue weighted by Crippen LogP contribution is 2.30. The van der Waals surface area contributed by atoms with Crippen LogP contribution >= 0.6 is 11.6 Å². The Bertz CT molecular complexity index is 370. The van der Waals surface area contributed by atoms with Gasteiger partial charge < -0.3 is 14.4 Å². The van der Waals surface area contributed by atoms with Gasteiger partial charge in [0.2, 0.25) is 0 Å². The summed E-state index contributed by atoms with van der Waals surface area (Å²) in [6.45, 7) is 3.23. The Morgan fingerprint density at radius 2 is 2.00 bits per heavy atom. The lowest BCUT2D eigenvalue weighted by Gasteiger charge is -2.16. The molecule has 0 atom stereocenters. The molecule has 1 aromatic rings. The maximum atomic E-state index is 5.71. The van der Waals surface area contributed by atoms with Crippen molar-refractivity contribution in [3.63, 3.8) is 0 Å². The van der Waals surface area contributed by atoms with Gasteiger partial charge in [0.15, 0.2) is 11.5 Å². The van der Waals surface area contributed by atoms with E-state index in [1.54, 1.807) is 0 Å². The molecule has 1 aliphatic rings. The Morgan fingerprint density at radius 1 is 1.24 bits per heavy atom. The van der Waals surface area contributed by atoms with E-state index in [1.807, 2.05) is 6.07 Å². The molecule has 0 fully saturated rings. The summed E-state index contributed by atoms with van der Waals surface area (Å²) >= 11 is 5.71. The van der Waals surface area contributed by atoms with Gasteiger partial charge in [-0.05, 0) is 24.7 Å². The zero-order valence-corrected chi connectivity index (χ0v) is 10.9. The Labute approximate surface area is 107 Å². The normalized spacial score (nSPS) is 14.8. The van der Waals surface area contributed by atoms with Crippen molar-refractivity contribution in [3.05, 3.63) is 23.8 Å². The fraction of sp³-hybridized carbons (Fsp3) is 0.538. The van der Waals surface area contributed by atoms with Crippen LogP contribution in [-0.2, 0) is 6.54 Å². The highest BCUT2D eigenvalue weighted by atomic mass is 35.5. The number of fused-ring (bicyclic) bond motifs is 1. The second-order valence-corrected chi connectivity index (χ2v) is 4.64. The lowest BCUT2D eigenvalue weighted by Crippen LogP contribution is -2.19. The minimum atomic E-state index is 0.654. The van der Waals surface area contributed by atoms with Crippen molar-refractivity contribution in [3.8, 4) is 11.5 Å². The molecule has 0 N–H and O–H groups in total. The predicted molar refractivity (Wildman–Crippen MR) is 69.1 cm³/mol. The van der Waals surface area contributed by atoms with E-state index >= 15 is 0 Å². The molecule has 1 aliphatic heterocycles. The highest BCUT2D eigenvalue weighted by Gasteiger charge is 2.11. The van der Waals surface area contributed by atoms with Crippen LogP contribution in [0.4, 0.5) is 0 Å². The van der Waals surface area contributed by atoms with Crippen LogP contribution < -0.4 is 9.47 Å². The molecule has 94 valence electrons. The van der Waals surface area contributed by atoms with E-state index in [-0.39, 0.29) is 0 Å². The first-order valence-corrected chi connectivity index (χ1v) is 6.46. The van der Waals surface area contributed by atoms with E-state index in [4.69, 9.17) is 21.1 Å². The van der Waals surface area contributed by atoms with Crippen molar-refractivity contribution in [1.29, 1.82) is 0 Å². The maximum absolute atomic E-state index is 5.71. The first-order valence-electron chi connectivity index (χ1n) is 5.92. The average Bonchev–Trinajstić information content (AvgIpc) is 2.53. The van der Waals surface area contributed by atoms with Crippen LogP contribution in [0, 0.1) is 0 Å². The third-order valence-corrected chi connectivity index (χ3v) is 2.90.